The Balaban J connectivity index is 0.952. The summed E-state index contributed by atoms with van der Waals surface area (Å²) >= 11 is 0. The normalized spacial score (nSPS) is 16.3. The molecule has 8 aromatic carbocycles. The molecule has 1 atom stereocenters. The summed E-state index contributed by atoms with van der Waals surface area (Å²) in [5, 5.41) is 5.15. The second-order valence-corrected chi connectivity index (χ2v) is 18.2. The van der Waals surface area contributed by atoms with Crippen LogP contribution in [0.25, 0.3) is 66.7 Å². The first-order valence-corrected chi connectivity index (χ1v) is 22.8. The van der Waals surface area contributed by atoms with Gasteiger partial charge in [0, 0.05) is 17.0 Å². The van der Waals surface area contributed by atoms with Crippen molar-refractivity contribution >= 4 is 50.2 Å². The molecule has 1 nitrogen and oxygen atoms in total. The summed E-state index contributed by atoms with van der Waals surface area (Å²) in [5.41, 5.74) is 21.1. The van der Waals surface area contributed by atoms with Gasteiger partial charge in [0.05, 0.1) is 5.70 Å². The van der Waals surface area contributed by atoms with Crippen LogP contribution in [0.1, 0.15) is 90.5 Å². The molecule has 0 amide bonds. The first-order chi connectivity index (χ1) is 31.3. The van der Waals surface area contributed by atoms with Crippen LogP contribution < -0.4 is 0 Å². The van der Waals surface area contributed by atoms with Gasteiger partial charge in [0.25, 0.3) is 0 Å². The van der Waals surface area contributed by atoms with Gasteiger partial charge in [-0.2, -0.15) is 0 Å². The monoisotopic (exact) mass is 821 g/mol. The molecule has 1 heteroatoms. The molecule has 3 aliphatic rings. The molecule has 0 saturated carbocycles. The first-order valence-electron chi connectivity index (χ1n) is 22.8. The summed E-state index contributed by atoms with van der Waals surface area (Å²) < 4.78 is 0. The van der Waals surface area contributed by atoms with Crippen LogP contribution in [-0.2, 0) is 5.41 Å². The van der Waals surface area contributed by atoms with Crippen molar-refractivity contribution in [1.82, 2.24) is 0 Å². The number of benzene rings is 8. The lowest BCUT2D eigenvalue weighted by Gasteiger charge is -2.24. The van der Waals surface area contributed by atoms with Crippen LogP contribution in [-0.4, -0.2) is 5.71 Å². The van der Waals surface area contributed by atoms with Crippen LogP contribution in [0.3, 0.4) is 0 Å². The second kappa shape index (κ2) is 16.1. The maximum Gasteiger partial charge on any atom is 0.0668 e. The fraction of sp³-hybridized carbons (Fsp3) is 0.127. The molecule has 0 N–H and O–H groups in total. The largest absolute Gasteiger partial charge is 0.253 e. The Bertz CT molecular complexity index is 3330. The van der Waals surface area contributed by atoms with Crippen molar-refractivity contribution in [2.24, 2.45) is 4.99 Å². The molecule has 0 bridgehead atoms. The molecule has 8 aromatic rings. The van der Waals surface area contributed by atoms with Crippen LogP contribution in [0.4, 0.5) is 0 Å². The number of aliphatic imine (C=N–C) groups is 1. The van der Waals surface area contributed by atoms with Gasteiger partial charge in [-0.3, -0.25) is 4.99 Å². The zero-order chi connectivity index (χ0) is 43.4. The Kier molecular flexibility index (Phi) is 9.93. The minimum atomic E-state index is 0.00277. The molecule has 0 heterocycles. The van der Waals surface area contributed by atoms with Crippen molar-refractivity contribution < 1.29 is 0 Å². The van der Waals surface area contributed by atoms with E-state index in [1.165, 1.54) is 82.8 Å². The quantitative estimate of drug-likeness (QED) is 0.107. The molecule has 11 rings (SSSR count). The highest BCUT2D eigenvalue weighted by molar-refractivity contribution is 6.18. The van der Waals surface area contributed by atoms with Gasteiger partial charge in [0.1, 0.15) is 0 Å². The molecule has 3 aliphatic carbocycles. The van der Waals surface area contributed by atoms with Crippen LogP contribution >= 0.6 is 0 Å². The minimum absolute atomic E-state index is 0.00277. The lowest BCUT2D eigenvalue weighted by Crippen LogP contribution is -2.16. The summed E-state index contributed by atoms with van der Waals surface area (Å²) in [6.45, 7) is 11.4. The maximum absolute atomic E-state index is 5.45. The number of rotatable bonds is 8. The van der Waals surface area contributed by atoms with E-state index in [-0.39, 0.29) is 11.3 Å². The average Bonchev–Trinajstić information content (AvgIpc) is 3.45. The second-order valence-electron chi connectivity index (χ2n) is 18.2. The van der Waals surface area contributed by atoms with Crippen molar-refractivity contribution in [2.45, 2.75) is 51.4 Å². The Hall–Kier alpha value is -7.35. The Morgan fingerprint density at radius 3 is 2.14 bits per heavy atom. The van der Waals surface area contributed by atoms with E-state index >= 15 is 0 Å². The number of fused-ring (bicyclic) bond motifs is 10. The summed E-state index contributed by atoms with van der Waals surface area (Å²) in [5.74, 6) is 0.0631. The summed E-state index contributed by atoms with van der Waals surface area (Å²) in [7, 11) is 0. The molecule has 64 heavy (non-hydrogen) atoms. The Morgan fingerprint density at radius 1 is 0.641 bits per heavy atom. The predicted molar refractivity (Wildman–Crippen MR) is 275 cm³/mol. The van der Waals surface area contributed by atoms with E-state index in [4.69, 9.17) is 4.99 Å². The lowest BCUT2D eigenvalue weighted by atomic mass is 9.79. The summed E-state index contributed by atoms with van der Waals surface area (Å²) in [6, 6.07) is 62.3. The van der Waals surface area contributed by atoms with Crippen molar-refractivity contribution in [1.29, 1.82) is 0 Å². The first kappa shape index (κ1) is 39.5. The van der Waals surface area contributed by atoms with E-state index in [0.717, 1.165) is 46.5 Å². The van der Waals surface area contributed by atoms with Crippen molar-refractivity contribution in [3.8, 4) is 22.3 Å². The molecule has 0 aromatic heterocycles. The van der Waals surface area contributed by atoms with Gasteiger partial charge in [-0.15, -0.1) is 0 Å². The van der Waals surface area contributed by atoms with E-state index < -0.39 is 0 Å². The number of allylic oxidation sites excluding steroid dienone is 7. The lowest BCUT2D eigenvalue weighted by molar-refractivity contribution is 0.651. The van der Waals surface area contributed by atoms with E-state index in [2.05, 4.69) is 228 Å². The van der Waals surface area contributed by atoms with E-state index in [9.17, 15) is 0 Å². The number of nitrogens with zero attached hydrogens (tertiary/aromatic N) is 1. The zero-order valence-corrected chi connectivity index (χ0v) is 36.9. The highest BCUT2D eigenvalue weighted by Crippen LogP contribution is 2.51. The molecule has 0 fully saturated rings. The zero-order valence-electron chi connectivity index (χ0n) is 36.9. The molecule has 0 saturated heterocycles. The van der Waals surface area contributed by atoms with Gasteiger partial charge >= 0.3 is 0 Å². The summed E-state index contributed by atoms with van der Waals surface area (Å²) in [4.78, 5) is 5.45. The minimum Gasteiger partial charge on any atom is -0.253 e. The Morgan fingerprint density at radius 2 is 1.33 bits per heavy atom. The van der Waals surface area contributed by atoms with Gasteiger partial charge in [0.15, 0.2) is 0 Å². The molecule has 308 valence electrons. The number of hydrogen-bond donors (Lipinski definition) is 0. The van der Waals surface area contributed by atoms with Crippen molar-refractivity contribution in [3.63, 3.8) is 0 Å². The SMILES string of the molecule is C=C(C/C=C(\N=C(C)c1cccc(C2C=Cc3c(c4ccccc4c4ccccc34)-c3ccccc32)c1)c1ccc(-c2ccc3c(c2)C(C)(C)C2=C3CCC=C2)cc1)c1ccccc1. The standard InChI is InChI=1S/C63H51N/c1-41(43-17-6-5-7-18-43)29-38-61(45-32-30-44(31-33-45)47-34-35-55-54-25-14-15-28-59(54)63(3,4)60(55)40-47)64-42(2)46-19-16-20-48(39-46)49-36-37-58-53-24-9-8-22-51(53)52-23-11-13-27-57(52)62(58)56-26-12-10-21-50(49)56/h5-13,15-24,26-28,30-40,49H,1,14,25,29H2,2-4H3/b61-38-,64-42?. The predicted octanol–water partition coefficient (Wildman–Crippen LogP) is 16.8. The molecule has 0 spiro atoms. The fourth-order valence-corrected chi connectivity index (χ4v) is 10.7. The molecular formula is C63H51N. The van der Waals surface area contributed by atoms with Gasteiger partial charge in [-0.05, 0) is 143 Å². The van der Waals surface area contributed by atoms with E-state index in [1.54, 1.807) is 0 Å². The third-order valence-corrected chi connectivity index (χ3v) is 14.0. The third kappa shape index (κ3) is 6.84. The van der Waals surface area contributed by atoms with Gasteiger partial charge in [-0.25, -0.2) is 0 Å². The van der Waals surface area contributed by atoms with Crippen molar-refractivity contribution in [2.75, 3.05) is 0 Å². The molecular weight excluding hydrogens is 771 g/mol. The van der Waals surface area contributed by atoms with Crippen LogP contribution in [0.2, 0.25) is 0 Å². The van der Waals surface area contributed by atoms with Crippen molar-refractivity contribution in [3.05, 3.63) is 251 Å². The smallest absolute Gasteiger partial charge is 0.0668 e. The van der Waals surface area contributed by atoms with Gasteiger partial charge in [-0.1, -0.05) is 209 Å². The summed E-state index contributed by atoms with van der Waals surface area (Å²) in [6.07, 6.45) is 14.7. The Labute approximate surface area is 377 Å². The molecule has 0 aliphatic heterocycles. The third-order valence-electron chi connectivity index (χ3n) is 14.0. The average molecular weight is 822 g/mol. The van der Waals surface area contributed by atoms with Crippen LogP contribution in [0.15, 0.2) is 211 Å². The van der Waals surface area contributed by atoms with E-state index in [1.807, 2.05) is 0 Å². The molecule has 0 radical (unpaired) electrons. The van der Waals surface area contributed by atoms with Gasteiger partial charge in [0.2, 0.25) is 0 Å². The van der Waals surface area contributed by atoms with Gasteiger partial charge < -0.3 is 0 Å². The van der Waals surface area contributed by atoms with Crippen LogP contribution in [0, 0.1) is 0 Å². The number of hydrogen-bond acceptors (Lipinski definition) is 1. The highest BCUT2D eigenvalue weighted by Gasteiger charge is 2.37. The topological polar surface area (TPSA) is 12.4 Å². The highest BCUT2D eigenvalue weighted by atomic mass is 14.8. The van der Waals surface area contributed by atoms with Crippen LogP contribution in [0.5, 0.6) is 0 Å². The molecule has 1 unspecified atom stereocenters. The van der Waals surface area contributed by atoms with E-state index in [0.29, 0.717) is 6.42 Å². The maximum atomic E-state index is 5.45. The fourth-order valence-electron chi connectivity index (χ4n) is 10.7.